The third kappa shape index (κ3) is 10.4. The Labute approximate surface area is 228 Å². The van der Waals surface area contributed by atoms with Crippen molar-refractivity contribution in [3.63, 3.8) is 0 Å². The summed E-state index contributed by atoms with van der Waals surface area (Å²) in [6, 6.07) is 21.9. The lowest BCUT2D eigenvalue weighted by molar-refractivity contribution is 0.0992. The van der Waals surface area contributed by atoms with Crippen LogP contribution in [0.2, 0.25) is 10.0 Å². The molecule has 0 bridgehead atoms. The maximum atomic E-state index is 11.1. The van der Waals surface area contributed by atoms with Crippen LogP contribution in [0, 0.1) is 0 Å². The minimum Gasteiger partial charge on any atom is -0.395 e. The Balaban J connectivity index is 0.000000224. The first-order valence-corrected chi connectivity index (χ1v) is 12.8. The Morgan fingerprint density at radius 1 is 0.838 bits per heavy atom. The number of β-amino-alcohol motifs (C(OH)–C–C–N with tert-alkyl or cyclic N) is 1. The van der Waals surface area contributed by atoms with E-state index in [-0.39, 0.29) is 12.5 Å². The monoisotopic (exact) mass is 544 g/mol. The van der Waals surface area contributed by atoms with Crippen LogP contribution in [0.25, 0.3) is 0 Å². The summed E-state index contributed by atoms with van der Waals surface area (Å²) in [6.45, 7) is 6.48. The number of hydrogen-bond acceptors (Lipinski definition) is 5. The normalized spacial score (nSPS) is 13.0. The lowest BCUT2D eigenvalue weighted by Crippen LogP contribution is -2.47. The number of rotatable bonds is 6. The molecule has 0 radical (unpaired) electrons. The SMILES string of the molecule is CCc1ccc(C(N)=O)cc1.Clc1ccccc1.NC(=O)c1ccc(N2CCN(CCO)CC2)c(Cl)c1. The van der Waals surface area contributed by atoms with Crippen molar-refractivity contribution < 1.29 is 14.7 Å². The standard InChI is InChI=1S/C13H18ClN3O2.C9H11NO.C6H5Cl/c14-11-9-10(13(15)19)1-2-12(11)17-5-3-16(4-6-17)7-8-18;1-2-7-3-5-8(6-4-7)9(10)11;7-6-4-2-1-3-5-6/h1-2,9,18H,3-8H2,(H2,15,19);3-6H,2H2,1H3,(H2,10,11);1-5H. The number of aliphatic hydroxyl groups is 1. The summed E-state index contributed by atoms with van der Waals surface area (Å²) in [6.07, 6.45) is 0.985. The van der Waals surface area contributed by atoms with Gasteiger partial charge in [0.2, 0.25) is 11.8 Å². The lowest BCUT2D eigenvalue weighted by atomic mass is 10.1. The molecule has 3 aromatic carbocycles. The van der Waals surface area contributed by atoms with Crippen LogP contribution in [0.3, 0.4) is 0 Å². The van der Waals surface area contributed by atoms with E-state index >= 15 is 0 Å². The van der Waals surface area contributed by atoms with Crippen molar-refractivity contribution in [1.82, 2.24) is 4.90 Å². The number of nitrogens with two attached hydrogens (primary N) is 2. The van der Waals surface area contributed by atoms with Crippen molar-refractivity contribution >= 4 is 40.7 Å². The second kappa shape index (κ2) is 15.9. The van der Waals surface area contributed by atoms with Gasteiger partial charge in [-0.15, -0.1) is 0 Å². The van der Waals surface area contributed by atoms with Gasteiger partial charge in [0, 0.05) is 48.9 Å². The predicted octanol–water partition coefficient (Wildman–Crippen LogP) is 4.24. The molecule has 0 saturated carbocycles. The third-order valence-electron chi connectivity index (χ3n) is 5.74. The Hall–Kier alpha value is -3.10. The highest BCUT2D eigenvalue weighted by atomic mass is 35.5. The van der Waals surface area contributed by atoms with Gasteiger partial charge in [-0.05, 0) is 54.4 Å². The number of amides is 2. The fraction of sp³-hybridized carbons (Fsp3) is 0.286. The number of primary amides is 2. The van der Waals surface area contributed by atoms with Gasteiger partial charge in [-0.25, -0.2) is 0 Å². The van der Waals surface area contributed by atoms with Crippen molar-refractivity contribution in [3.05, 3.63) is 99.5 Å². The van der Waals surface area contributed by atoms with Crippen LogP contribution in [0.1, 0.15) is 33.2 Å². The fourth-order valence-electron chi connectivity index (χ4n) is 3.59. The Morgan fingerprint density at radius 3 is 1.84 bits per heavy atom. The molecule has 1 fully saturated rings. The van der Waals surface area contributed by atoms with Gasteiger partial charge < -0.3 is 21.5 Å². The summed E-state index contributed by atoms with van der Waals surface area (Å²) in [4.78, 5) is 26.1. The minimum atomic E-state index is -0.471. The first-order chi connectivity index (χ1) is 17.7. The molecule has 1 heterocycles. The average molecular weight is 546 g/mol. The van der Waals surface area contributed by atoms with Gasteiger partial charge in [0.05, 0.1) is 17.3 Å². The molecule has 4 rings (SSSR count). The van der Waals surface area contributed by atoms with Crippen molar-refractivity contribution in [2.24, 2.45) is 11.5 Å². The molecule has 5 N–H and O–H groups in total. The summed E-state index contributed by atoms with van der Waals surface area (Å²) in [5.74, 6) is -0.839. The van der Waals surface area contributed by atoms with Gasteiger partial charge >= 0.3 is 0 Å². The van der Waals surface area contributed by atoms with E-state index in [2.05, 4.69) is 16.7 Å². The maximum absolute atomic E-state index is 11.1. The van der Waals surface area contributed by atoms with E-state index in [1.807, 2.05) is 48.5 Å². The molecule has 0 aromatic heterocycles. The van der Waals surface area contributed by atoms with Gasteiger partial charge in [-0.3, -0.25) is 14.5 Å². The smallest absolute Gasteiger partial charge is 0.248 e. The molecule has 1 aliphatic rings. The van der Waals surface area contributed by atoms with Crippen LogP contribution in [0.5, 0.6) is 0 Å². The number of anilines is 1. The van der Waals surface area contributed by atoms with Crippen molar-refractivity contribution in [2.75, 3.05) is 44.2 Å². The summed E-state index contributed by atoms with van der Waals surface area (Å²) in [5, 5.41) is 10.2. The fourth-order valence-corrected chi connectivity index (χ4v) is 4.04. The van der Waals surface area contributed by atoms with Crippen LogP contribution in [-0.2, 0) is 6.42 Å². The Morgan fingerprint density at radius 2 is 1.41 bits per heavy atom. The molecule has 0 atom stereocenters. The number of carbonyl (C=O) groups is 2. The van der Waals surface area contributed by atoms with E-state index in [0.717, 1.165) is 43.3 Å². The maximum Gasteiger partial charge on any atom is 0.248 e. The van der Waals surface area contributed by atoms with Crippen LogP contribution in [0.15, 0.2) is 72.8 Å². The van der Waals surface area contributed by atoms with Crippen LogP contribution in [-0.4, -0.2) is 61.2 Å². The molecule has 1 saturated heterocycles. The first kappa shape index (κ1) is 30.1. The van der Waals surface area contributed by atoms with Crippen molar-refractivity contribution in [1.29, 1.82) is 0 Å². The van der Waals surface area contributed by atoms with E-state index in [9.17, 15) is 9.59 Å². The molecule has 0 unspecified atom stereocenters. The van der Waals surface area contributed by atoms with Gasteiger partial charge in [-0.1, -0.05) is 60.5 Å². The van der Waals surface area contributed by atoms with Crippen molar-refractivity contribution in [2.45, 2.75) is 13.3 Å². The minimum absolute atomic E-state index is 0.189. The first-order valence-electron chi connectivity index (χ1n) is 12.0. The second-order valence-corrected chi connectivity index (χ2v) is 9.14. The molecule has 1 aliphatic heterocycles. The zero-order valence-corrected chi connectivity index (χ0v) is 22.5. The Bertz CT molecular complexity index is 1120. The number of nitrogens with zero attached hydrogens (tertiary/aromatic N) is 2. The van der Waals surface area contributed by atoms with E-state index in [1.54, 1.807) is 24.3 Å². The quantitative estimate of drug-likeness (QED) is 0.429. The van der Waals surface area contributed by atoms with E-state index < -0.39 is 5.91 Å². The second-order valence-electron chi connectivity index (χ2n) is 8.29. The average Bonchev–Trinajstić information content (AvgIpc) is 2.90. The number of benzene rings is 3. The Kier molecular flexibility index (Phi) is 12.9. The highest BCUT2D eigenvalue weighted by Crippen LogP contribution is 2.27. The molecule has 3 aromatic rings. The number of halogens is 2. The van der Waals surface area contributed by atoms with E-state index in [4.69, 9.17) is 39.8 Å². The van der Waals surface area contributed by atoms with Crippen LogP contribution in [0.4, 0.5) is 5.69 Å². The lowest BCUT2D eigenvalue weighted by Gasteiger charge is -2.36. The van der Waals surface area contributed by atoms with Crippen LogP contribution >= 0.6 is 23.2 Å². The number of hydrogen-bond donors (Lipinski definition) is 3. The summed E-state index contributed by atoms with van der Waals surface area (Å²) < 4.78 is 0. The van der Waals surface area contributed by atoms with Gasteiger partial charge in [0.25, 0.3) is 0 Å². The molecule has 198 valence electrons. The van der Waals surface area contributed by atoms with E-state index in [0.29, 0.717) is 22.7 Å². The molecule has 2 amide bonds. The largest absolute Gasteiger partial charge is 0.395 e. The van der Waals surface area contributed by atoms with E-state index in [1.165, 1.54) is 5.56 Å². The van der Waals surface area contributed by atoms with Gasteiger partial charge in [-0.2, -0.15) is 0 Å². The van der Waals surface area contributed by atoms with Crippen LogP contribution < -0.4 is 16.4 Å². The summed E-state index contributed by atoms with van der Waals surface area (Å²) in [5.41, 5.74) is 13.4. The summed E-state index contributed by atoms with van der Waals surface area (Å²) >= 11 is 11.7. The molecule has 9 heteroatoms. The number of piperazine rings is 1. The topological polar surface area (TPSA) is 113 Å². The molecule has 0 spiro atoms. The summed E-state index contributed by atoms with van der Waals surface area (Å²) in [7, 11) is 0. The number of aryl methyl sites for hydroxylation is 1. The molecule has 0 aliphatic carbocycles. The number of aliphatic hydroxyl groups excluding tert-OH is 1. The third-order valence-corrected chi connectivity index (χ3v) is 6.30. The zero-order valence-electron chi connectivity index (χ0n) is 20.9. The molecular formula is C28H34Cl2N4O3. The molecule has 37 heavy (non-hydrogen) atoms. The van der Waals surface area contributed by atoms with Gasteiger partial charge in [0.1, 0.15) is 0 Å². The molecular weight excluding hydrogens is 511 g/mol. The predicted molar refractivity (Wildman–Crippen MR) is 151 cm³/mol. The van der Waals surface area contributed by atoms with Gasteiger partial charge in [0.15, 0.2) is 0 Å². The highest BCUT2D eigenvalue weighted by Gasteiger charge is 2.19. The molecule has 7 nitrogen and oxygen atoms in total. The zero-order chi connectivity index (χ0) is 27.2. The number of carbonyl (C=O) groups excluding carboxylic acids is 2. The highest BCUT2D eigenvalue weighted by molar-refractivity contribution is 6.33. The van der Waals surface area contributed by atoms with Crippen molar-refractivity contribution in [3.8, 4) is 0 Å².